The minimum Gasteiger partial charge on any atom is -0.334 e. The lowest BCUT2D eigenvalue weighted by Gasteiger charge is -2.05. The molecule has 5 rings (SSSR count). The highest BCUT2D eigenvalue weighted by Crippen LogP contribution is 2.29. The first kappa shape index (κ1) is 17.8. The quantitative estimate of drug-likeness (QED) is 0.355. The van der Waals surface area contributed by atoms with Crippen molar-refractivity contribution in [3.63, 3.8) is 0 Å². The number of Topliss-reactive ketones (excluding diaryl/α,β-unsaturated/α-hetero) is 1. The predicted molar refractivity (Wildman–Crippen MR) is 117 cm³/mol. The maximum atomic E-state index is 12.6. The molecule has 0 spiro atoms. The topological polar surface area (TPSA) is 52.7 Å². The Hall–Kier alpha value is -3.25. The van der Waals surface area contributed by atoms with Crippen LogP contribution in [0.4, 0.5) is 0 Å². The van der Waals surface area contributed by atoms with Crippen LogP contribution in [0.3, 0.4) is 0 Å². The minimum atomic E-state index is -0.00853. The van der Waals surface area contributed by atoms with Crippen LogP contribution in [0, 0.1) is 0 Å². The van der Waals surface area contributed by atoms with Crippen molar-refractivity contribution in [2.45, 2.75) is 13.1 Å². The SMILES string of the molecule is O=C(Cn1cc(Cn2c3ccccc3c3ccccc32)nn1)c1ccccc1Br. The third-order valence-electron chi connectivity index (χ3n) is 5.07. The molecule has 0 atom stereocenters. The Morgan fingerprint density at radius 1 is 0.862 bits per heavy atom. The zero-order valence-corrected chi connectivity index (χ0v) is 17.1. The van der Waals surface area contributed by atoms with Gasteiger partial charge in [0.15, 0.2) is 5.78 Å². The van der Waals surface area contributed by atoms with Gasteiger partial charge in [-0.2, -0.15) is 0 Å². The molecule has 0 saturated heterocycles. The molecule has 6 heteroatoms. The second-order valence-corrected chi connectivity index (χ2v) is 7.79. The van der Waals surface area contributed by atoms with Gasteiger partial charge < -0.3 is 4.57 Å². The van der Waals surface area contributed by atoms with Crippen LogP contribution in [-0.2, 0) is 13.1 Å². The Balaban J connectivity index is 1.45. The van der Waals surface area contributed by atoms with E-state index >= 15 is 0 Å². The fraction of sp³-hybridized carbons (Fsp3) is 0.0870. The fourth-order valence-electron chi connectivity index (χ4n) is 3.74. The van der Waals surface area contributed by atoms with Crippen molar-refractivity contribution in [3.05, 3.63) is 94.7 Å². The molecule has 5 aromatic rings. The first-order valence-electron chi connectivity index (χ1n) is 9.33. The average Bonchev–Trinajstić information content (AvgIpc) is 3.31. The van der Waals surface area contributed by atoms with Gasteiger partial charge in [0.05, 0.1) is 12.7 Å². The summed E-state index contributed by atoms with van der Waals surface area (Å²) in [5, 5.41) is 10.9. The molecule has 2 aromatic heterocycles. The molecule has 29 heavy (non-hydrogen) atoms. The normalized spacial score (nSPS) is 11.3. The molecule has 0 unspecified atom stereocenters. The highest BCUT2D eigenvalue weighted by atomic mass is 79.9. The molecular weight excluding hydrogens is 428 g/mol. The first-order valence-corrected chi connectivity index (χ1v) is 10.1. The Labute approximate surface area is 175 Å². The van der Waals surface area contributed by atoms with Crippen LogP contribution < -0.4 is 0 Å². The predicted octanol–water partition coefficient (Wildman–Crippen LogP) is 5.08. The molecule has 0 aliphatic carbocycles. The van der Waals surface area contributed by atoms with Crippen molar-refractivity contribution < 1.29 is 4.79 Å². The molecule has 0 radical (unpaired) electrons. The van der Waals surface area contributed by atoms with Gasteiger partial charge in [0.2, 0.25) is 0 Å². The molecule has 0 amide bonds. The number of ketones is 1. The van der Waals surface area contributed by atoms with Crippen molar-refractivity contribution in [3.8, 4) is 0 Å². The molecule has 3 aromatic carbocycles. The highest BCUT2D eigenvalue weighted by molar-refractivity contribution is 9.10. The summed E-state index contributed by atoms with van der Waals surface area (Å²) in [5.41, 5.74) is 3.78. The lowest BCUT2D eigenvalue weighted by molar-refractivity contribution is 0.0966. The van der Waals surface area contributed by atoms with Crippen LogP contribution in [0.25, 0.3) is 21.8 Å². The number of aromatic nitrogens is 4. The zero-order chi connectivity index (χ0) is 19.8. The van der Waals surface area contributed by atoms with E-state index in [1.807, 2.05) is 42.6 Å². The Morgan fingerprint density at radius 2 is 1.48 bits per heavy atom. The van der Waals surface area contributed by atoms with Gasteiger partial charge in [-0.3, -0.25) is 4.79 Å². The van der Waals surface area contributed by atoms with E-state index in [2.05, 4.69) is 67.2 Å². The monoisotopic (exact) mass is 444 g/mol. The highest BCUT2D eigenvalue weighted by Gasteiger charge is 2.14. The number of carbonyl (C=O) groups is 1. The standard InChI is InChI=1S/C23H17BrN4O/c24-20-10-4-1-9-19(20)23(29)15-27-13-16(25-26-27)14-28-21-11-5-2-7-17(21)18-8-3-6-12-22(18)28/h1-13H,14-15H2. The van der Waals surface area contributed by atoms with Crippen molar-refractivity contribution >= 4 is 43.5 Å². The van der Waals surface area contributed by atoms with E-state index in [4.69, 9.17) is 0 Å². The minimum absolute atomic E-state index is 0.00853. The van der Waals surface area contributed by atoms with Crippen molar-refractivity contribution in [1.29, 1.82) is 0 Å². The van der Waals surface area contributed by atoms with Gasteiger partial charge in [-0.15, -0.1) is 5.10 Å². The Bertz CT molecular complexity index is 1300. The summed E-state index contributed by atoms with van der Waals surface area (Å²) in [5.74, 6) is -0.00853. The van der Waals surface area contributed by atoms with Gasteiger partial charge in [0.25, 0.3) is 0 Å². The number of halogens is 1. The van der Waals surface area contributed by atoms with Crippen LogP contribution in [0.2, 0.25) is 0 Å². The Morgan fingerprint density at radius 3 is 2.17 bits per heavy atom. The van der Waals surface area contributed by atoms with Crippen LogP contribution in [0.5, 0.6) is 0 Å². The summed E-state index contributed by atoms with van der Waals surface area (Å²) in [6.45, 7) is 0.750. The summed E-state index contributed by atoms with van der Waals surface area (Å²) < 4.78 is 4.63. The van der Waals surface area contributed by atoms with Crippen LogP contribution >= 0.6 is 15.9 Å². The number of para-hydroxylation sites is 2. The lowest BCUT2D eigenvalue weighted by Crippen LogP contribution is -2.11. The smallest absolute Gasteiger partial charge is 0.185 e. The van der Waals surface area contributed by atoms with Gasteiger partial charge in [-0.05, 0) is 18.2 Å². The molecule has 0 aliphatic rings. The average molecular weight is 445 g/mol. The van der Waals surface area contributed by atoms with Crippen LogP contribution in [0.15, 0.2) is 83.5 Å². The maximum absolute atomic E-state index is 12.6. The van der Waals surface area contributed by atoms with Gasteiger partial charge >= 0.3 is 0 Å². The number of rotatable bonds is 5. The van der Waals surface area contributed by atoms with E-state index in [1.54, 1.807) is 4.68 Å². The summed E-state index contributed by atoms with van der Waals surface area (Å²) in [4.78, 5) is 12.6. The summed E-state index contributed by atoms with van der Waals surface area (Å²) in [6.07, 6.45) is 1.85. The third kappa shape index (κ3) is 3.25. The molecule has 0 saturated carbocycles. The van der Waals surface area contributed by atoms with Crippen molar-refractivity contribution in [2.24, 2.45) is 0 Å². The number of carbonyl (C=O) groups excluding carboxylic acids is 1. The van der Waals surface area contributed by atoms with E-state index in [-0.39, 0.29) is 12.3 Å². The Kier molecular flexibility index (Phi) is 4.48. The van der Waals surface area contributed by atoms with Gasteiger partial charge in [0.1, 0.15) is 12.2 Å². The third-order valence-corrected chi connectivity index (χ3v) is 5.76. The molecule has 0 aliphatic heterocycles. The van der Waals surface area contributed by atoms with E-state index in [0.29, 0.717) is 12.1 Å². The first-order chi connectivity index (χ1) is 14.2. The number of nitrogens with zero attached hydrogens (tertiary/aromatic N) is 4. The summed E-state index contributed by atoms with van der Waals surface area (Å²) in [7, 11) is 0. The number of benzene rings is 3. The van der Waals surface area contributed by atoms with Crippen LogP contribution in [-0.4, -0.2) is 25.3 Å². The molecule has 0 bridgehead atoms. The van der Waals surface area contributed by atoms with E-state index in [0.717, 1.165) is 21.2 Å². The second kappa shape index (κ2) is 7.29. The molecule has 0 N–H and O–H groups in total. The fourth-order valence-corrected chi connectivity index (χ4v) is 4.25. The van der Waals surface area contributed by atoms with Crippen molar-refractivity contribution in [1.82, 2.24) is 19.6 Å². The summed E-state index contributed by atoms with van der Waals surface area (Å²) >= 11 is 3.43. The van der Waals surface area contributed by atoms with Crippen molar-refractivity contribution in [2.75, 3.05) is 0 Å². The molecule has 0 fully saturated rings. The van der Waals surface area contributed by atoms with Gasteiger partial charge in [-0.25, -0.2) is 4.68 Å². The molecule has 142 valence electrons. The molecular formula is C23H17BrN4O. The second-order valence-electron chi connectivity index (χ2n) is 6.93. The zero-order valence-electron chi connectivity index (χ0n) is 15.5. The number of hydrogen-bond donors (Lipinski definition) is 0. The van der Waals surface area contributed by atoms with E-state index in [9.17, 15) is 4.79 Å². The molecule has 5 nitrogen and oxygen atoms in total. The van der Waals surface area contributed by atoms with Gasteiger partial charge in [-0.1, -0.05) is 75.7 Å². The maximum Gasteiger partial charge on any atom is 0.185 e. The molecule has 2 heterocycles. The largest absolute Gasteiger partial charge is 0.334 e. The lowest BCUT2D eigenvalue weighted by atomic mass is 10.1. The number of hydrogen-bond acceptors (Lipinski definition) is 3. The van der Waals surface area contributed by atoms with Gasteiger partial charge in [0, 0.05) is 31.8 Å². The van der Waals surface area contributed by atoms with E-state index < -0.39 is 0 Å². The number of fused-ring (bicyclic) bond motifs is 3. The van der Waals surface area contributed by atoms with E-state index in [1.165, 1.54) is 10.8 Å². The van der Waals surface area contributed by atoms with Crippen LogP contribution in [0.1, 0.15) is 16.1 Å². The summed E-state index contributed by atoms with van der Waals surface area (Å²) in [6, 6.07) is 24.1.